The first-order valence-corrected chi connectivity index (χ1v) is 7.58. The van der Waals surface area contributed by atoms with Crippen molar-refractivity contribution in [2.45, 2.75) is 11.8 Å². The van der Waals surface area contributed by atoms with Crippen molar-refractivity contribution in [3.05, 3.63) is 48.2 Å². The first-order chi connectivity index (χ1) is 9.90. The van der Waals surface area contributed by atoms with E-state index in [9.17, 15) is 17.2 Å². The highest BCUT2D eigenvalue weighted by Gasteiger charge is 2.15. The molecule has 0 atom stereocenters. The minimum Gasteiger partial charge on any atom is -0.370 e. The minimum atomic E-state index is -3.95. The maximum Gasteiger partial charge on any atom is 0.263 e. The van der Waals surface area contributed by atoms with E-state index in [4.69, 9.17) is 0 Å². The van der Waals surface area contributed by atoms with Crippen molar-refractivity contribution in [1.29, 1.82) is 0 Å². The second kappa shape index (κ2) is 6.04. The van der Waals surface area contributed by atoms with Crippen LogP contribution < -0.4 is 10.0 Å². The average molecular weight is 313 g/mol. The molecular weight excluding hydrogens is 300 g/mol. The number of hydrogen-bond donors (Lipinski definition) is 2. The van der Waals surface area contributed by atoms with Crippen molar-refractivity contribution in [3.63, 3.8) is 0 Å². The predicted octanol–water partition coefficient (Wildman–Crippen LogP) is 2.59. The summed E-state index contributed by atoms with van der Waals surface area (Å²) < 4.78 is 52.3. The van der Waals surface area contributed by atoms with Crippen LogP contribution in [0.4, 0.5) is 20.3 Å². The molecule has 112 valence electrons. The third-order valence-electron chi connectivity index (χ3n) is 2.52. The summed E-state index contributed by atoms with van der Waals surface area (Å²) in [6, 6.07) is 5.29. The molecule has 21 heavy (non-hydrogen) atoms. The van der Waals surface area contributed by atoms with E-state index in [0.717, 1.165) is 18.3 Å². The Kier molecular flexibility index (Phi) is 4.37. The molecule has 0 fully saturated rings. The van der Waals surface area contributed by atoms with E-state index in [1.54, 1.807) is 0 Å². The Morgan fingerprint density at radius 3 is 2.33 bits per heavy atom. The zero-order valence-electron chi connectivity index (χ0n) is 11.1. The van der Waals surface area contributed by atoms with E-state index in [2.05, 4.69) is 15.0 Å². The van der Waals surface area contributed by atoms with Crippen LogP contribution in [0.2, 0.25) is 0 Å². The van der Waals surface area contributed by atoms with E-state index in [1.807, 2.05) is 6.92 Å². The third-order valence-corrected chi connectivity index (χ3v) is 3.89. The molecule has 0 aliphatic carbocycles. The molecule has 0 aliphatic rings. The average Bonchev–Trinajstić information content (AvgIpc) is 2.38. The zero-order valence-corrected chi connectivity index (χ0v) is 11.9. The largest absolute Gasteiger partial charge is 0.370 e. The van der Waals surface area contributed by atoms with Crippen molar-refractivity contribution >= 4 is 21.5 Å². The van der Waals surface area contributed by atoms with Crippen molar-refractivity contribution < 1.29 is 17.2 Å². The summed E-state index contributed by atoms with van der Waals surface area (Å²) in [5.74, 6) is -1.20. The summed E-state index contributed by atoms with van der Waals surface area (Å²) in [6.07, 6.45) is 1.16. The highest BCUT2D eigenvalue weighted by atomic mass is 32.2. The maximum atomic E-state index is 13.0. The summed E-state index contributed by atoms with van der Waals surface area (Å²) in [5, 5.41) is 2.93. The Balaban J connectivity index is 2.25. The monoisotopic (exact) mass is 313 g/mol. The van der Waals surface area contributed by atoms with Crippen LogP contribution in [0.25, 0.3) is 0 Å². The molecule has 0 radical (unpaired) electrons. The molecule has 2 N–H and O–H groups in total. The number of nitrogens with zero attached hydrogens (tertiary/aromatic N) is 1. The third kappa shape index (κ3) is 3.88. The quantitative estimate of drug-likeness (QED) is 0.890. The molecule has 0 aliphatic heterocycles. The Labute approximate surface area is 121 Å². The van der Waals surface area contributed by atoms with Gasteiger partial charge in [0.2, 0.25) is 0 Å². The van der Waals surface area contributed by atoms with Crippen molar-refractivity contribution in [3.8, 4) is 0 Å². The Morgan fingerprint density at radius 2 is 1.81 bits per heavy atom. The first kappa shape index (κ1) is 15.2. The number of benzene rings is 1. The second-order valence-corrected chi connectivity index (χ2v) is 5.86. The van der Waals surface area contributed by atoms with Crippen LogP contribution in [0.1, 0.15) is 6.92 Å². The summed E-state index contributed by atoms with van der Waals surface area (Å²) in [6.45, 7) is 2.53. The van der Waals surface area contributed by atoms with Gasteiger partial charge in [0, 0.05) is 18.8 Å². The van der Waals surface area contributed by atoms with Crippen LogP contribution in [0, 0.1) is 11.6 Å². The molecule has 1 aromatic carbocycles. The molecular formula is C13H13F2N3O2S. The van der Waals surface area contributed by atoms with Crippen LogP contribution in [-0.2, 0) is 10.0 Å². The highest BCUT2D eigenvalue weighted by Crippen LogP contribution is 2.18. The summed E-state index contributed by atoms with van der Waals surface area (Å²) in [5.41, 5.74) is -0.191. The van der Waals surface area contributed by atoms with Crippen molar-refractivity contribution in [2.75, 3.05) is 16.6 Å². The van der Waals surface area contributed by atoms with Crippen molar-refractivity contribution in [1.82, 2.24) is 4.98 Å². The topological polar surface area (TPSA) is 71.1 Å². The van der Waals surface area contributed by atoms with Gasteiger partial charge in [0.25, 0.3) is 10.0 Å². The Bertz CT molecular complexity index is 713. The summed E-state index contributed by atoms with van der Waals surface area (Å²) >= 11 is 0. The number of anilines is 2. The molecule has 0 saturated heterocycles. The molecule has 0 unspecified atom stereocenters. The number of halogens is 2. The van der Waals surface area contributed by atoms with Gasteiger partial charge >= 0.3 is 0 Å². The van der Waals surface area contributed by atoms with E-state index >= 15 is 0 Å². The fourth-order valence-corrected chi connectivity index (χ4v) is 2.64. The van der Waals surface area contributed by atoms with Gasteiger partial charge in [-0.1, -0.05) is 0 Å². The Morgan fingerprint density at radius 1 is 1.14 bits per heavy atom. The van der Waals surface area contributed by atoms with Gasteiger partial charge in [-0.25, -0.2) is 22.2 Å². The number of nitrogens with one attached hydrogen (secondary N) is 2. The highest BCUT2D eigenvalue weighted by molar-refractivity contribution is 7.92. The molecule has 2 aromatic rings. The van der Waals surface area contributed by atoms with Gasteiger partial charge in [0.1, 0.15) is 22.3 Å². The smallest absolute Gasteiger partial charge is 0.263 e. The molecule has 1 heterocycles. The van der Waals surface area contributed by atoms with E-state index < -0.39 is 21.7 Å². The van der Waals surface area contributed by atoms with E-state index in [1.165, 1.54) is 12.1 Å². The molecule has 0 bridgehead atoms. The zero-order chi connectivity index (χ0) is 15.5. The van der Waals surface area contributed by atoms with E-state index in [0.29, 0.717) is 18.4 Å². The first-order valence-electron chi connectivity index (χ1n) is 6.09. The summed E-state index contributed by atoms with van der Waals surface area (Å²) in [4.78, 5) is 3.83. The number of pyridine rings is 1. The van der Waals surface area contributed by atoms with Crippen LogP contribution in [0.15, 0.2) is 41.4 Å². The number of sulfonamides is 1. The van der Waals surface area contributed by atoms with Gasteiger partial charge in [0.15, 0.2) is 0 Å². The van der Waals surface area contributed by atoms with Gasteiger partial charge in [0.05, 0.1) is 5.69 Å². The van der Waals surface area contributed by atoms with Crippen LogP contribution in [-0.4, -0.2) is 19.9 Å². The summed E-state index contributed by atoms with van der Waals surface area (Å²) in [7, 11) is -3.95. The fourth-order valence-electron chi connectivity index (χ4n) is 1.65. The minimum absolute atomic E-state index is 0.103. The van der Waals surface area contributed by atoms with Gasteiger partial charge in [-0.05, 0) is 31.2 Å². The lowest BCUT2D eigenvalue weighted by Gasteiger charge is -2.09. The number of aromatic nitrogens is 1. The maximum absolute atomic E-state index is 13.0. The molecule has 0 amide bonds. The molecule has 8 heteroatoms. The molecule has 2 rings (SSSR count). The van der Waals surface area contributed by atoms with Gasteiger partial charge in [-0.15, -0.1) is 0 Å². The lowest BCUT2D eigenvalue weighted by Crippen LogP contribution is -2.14. The fraction of sp³-hybridized carbons (Fsp3) is 0.154. The Hall–Kier alpha value is -2.22. The van der Waals surface area contributed by atoms with Gasteiger partial charge in [-0.3, -0.25) is 4.72 Å². The van der Waals surface area contributed by atoms with Crippen LogP contribution in [0.5, 0.6) is 0 Å². The van der Waals surface area contributed by atoms with E-state index in [-0.39, 0.29) is 10.6 Å². The second-order valence-electron chi connectivity index (χ2n) is 4.17. The SMILES string of the molecule is CCNc1ccc(S(=O)(=O)Nc2cc(F)cc(F)c2)cn1. The lowest BCUT2D eigenvalue weighted by molar-refractivity contribution is 0.584. The predicted molar refractivity (Wildman–Crippen MR) is 75.6 cm³/mol. The van der Waals surface area contributed by atoms with Gasteiger partial charge < -0.3 is 5.32 Å². The van der Waals surface area contributed by atoms with Crippen LogP contribution >= 0.6 is 0 Å². The standard InChI is InChI=1S/C13H13F2N3O2S/c1-2-16-13-4-3-12(8-17-13)21(19,20)18-11-6-9(14)5-10(15)7-11/h3-8,18H,2H2,1H3,(H,16,17). The normalized spacial score (nSPS) is 11.2. The molecule has 5 nitrogen and oxygen atoms in total. The lowest BCUT2D eigenvalue weighted by atomic mass is 10.3. The molecule has 0 saturated carbocycles. The van der Waals surface area contributed by atoms with Crippen molar-refractivity contribution in [2.24, 2.45) is 0 Å². The molecule has 0 spiro atoms. The number of rotatable bonds is 5. The molecule has 1 aromatic heterocycles. The van der Waals surface area contributed by atoms with Gasteiger partial charge in [-0.2, -0.15) is 0 Å². The van der Waals surface area contributed by atoms with Crippen LogP contribution in [0.3, 0.4) is 0 Å². The number of hydrogen-bond acceptors (Lipinski definition) is 4.